The van der Waals surface area contributed by atoms with E-state index in [4.69, 9.17) is 0 Å². The lowest BCUT2D eigenvalue weighted by molar-refractivity contribution is -0.141. The van der Waals surface area contributed by atoms with Crippen molar-refractivity contribution >= 4 is 11.8 Å². The van der Waals surface area contributed by atoms with Gasteiger partial charge in [0.2, 0.25) is 11.8 Å². The zero-order valence-corrected chi connectivity index (χ0v) is 20.7. The highest BCUT2D eigenvalue weighted by Crippen LogP contribution is 2.21. The molecule has 4 heteroatoms. The molecule has 3 aromatic rings. The maximum absolute atomic E-state index is 13.8. The van der Waals surface area contributed by atoms with Gasteiger partial charge in [0.05, 0.1) is 6.42 Å². The van der Waals surface area contributed by atoms with Gasteiger partial charge in [-0.15, -0.1) is 0 Å². The maximum Gasteiger partial charge on any atom is 0.243 e. The van der Waals surface area contributed by atoms with E-state index in [0.29, 0.717) is 13.0 Å². The number of nitrogens with one attached hydrogen (secondary N) is 1. The molecule has 0 bridgehead atoms. The van der Waals surface area contributed by atoms with Gasteiger partial charge < -0.3 is 10.2 Å². The number of aryl methyl sites for hydroxylation is 1. The first-order chi connectivity index (χ1) is 17.1. The van der Waals surface area contributed by atoms with Gasteiger partial charge in [-0.1, -0.05) is 104 Å². The predicted octanol–water partition coefficient (Wildman–Crippen LogP) is 5.63. The van der Waals surface area contributed by atoms with Crippen molar-refractivity contribution in [1.82, 2.24) is 10.2 Å². The fourth-order valence-electron chi connectivity index (χ4n) is 4.95. The molecule has 0 spiro atoms. The van der Waals surface area contributed by atoms with E-state index in [2.05, 4.69) is 5.32 Å². The van der Waals surface area contributed by atoms with Crippen LogP contribution in [0, 0.1) is 6.92 Å². The highest BCUT2D eigenvalue weighted by molar-refractivity contribution is 5.89. The standard InChI is InChI=1S/C31H36N2O2/c1-24-13-11-12-18-27(24)22-30(34)33(23-26-16-7-3-8-17-26)29(21-25-14-5-2-6-15-25)31(35)32-28-19-9-4-10-20-28/h2-3,5-8,11-18,28-29H,4,9-10,19-23H2,1H3,(H,32,35)/t29-/m0/s1. The van der Waals surface area contributed by atoms with E-state index in [1.165, 1.54) is 6.42 Å². The van der Waals surface area contributed by atoms with E-state index < -0.39 is 6.04 Å². The Hall–Kier alpha value is -3.40. The largest absolute Gasteiger partial charge is 0.352 e. The molecule has 0 unspecified atom stereocenters. The second-order valence-corrected chi connectivity index (χ2v) is 9.66. The van der Waals surface area contributed by atoms with Crippen molar-refractivity contribution in [1.29, 1.82) is 0 Å². The van der Waals surface area contributed by atoms with Crippen molar-refractivity contribution in [3.63, 3.8) is 0 Å². The summed E-state index contributed by atoms with van der Waals surface area (Å²) in [6, 6.07) is 27.6. The Balaban J connectivity index is 1.64. The molecule has 182 valence electrons. The SMILES string of the molecule is Cc1ccccc1CC(=O)N(Cc1ccccc1)[C@@H](Cc1ccccc1)C(=O)NC1CCCCC1. The van der Waals surface area contributed by atoms with Crippen LogP contribution in [0.2, 0.25) is 0 Å². The molecule has 1 N–H and O–H groups in total. The number of hydrogen-bond donors (Lipinski definition) is 1. The van der Waals surface area contributed by atoms with Gasteiger partial charge in [-0.2, -0.15) is 0 Å². The summed E-state index contributed by atoms with van der Waals surface area (Å²) in [7, 11) is 0. The average molecular weight is 469 g/mol. The third-order valence-electron chi connectivity index (χ3n) is 7.02. The van der Waals surface area contributed by atoms with Crippen LogP contribution in [0.3, 0.4) is 0 Å². The van der Waals surface area contributed by atoms with E-state index in [9.17, 15) is 9.59 Å². The zero-order valence-electron chi connectivity index (χ0n) is 20.7. The molecule has 0 heterocycles. The monoisotopic (exact) mass is 468 g/mol. The minimum Gasteiger partial charge on any atom is -0.352 e. The summed E-state index contributed by atoms with van der Waals surface area (Å²) in [5, 5.41) is 3.30. The summed E-state index contributed by atoms with van der Waals surface area (Å²) < 4.78 is 0. The highest BCUT2D eigenvalue weighted by Gasteiger charge is 2.32. The first-order valence-electron chi connectivity index (χ1n) is 12.8. The third-order valence-corrected chi connectivity index (χ3v) is 7.02. The topological polar surface area (TPSA) is 49.4 Å². The first kappa shape index (κ1) is 24.7. The molecule has 35 heavy (non-hydrogen) atoms. The highest BCUT2D eigenvalue weighted by atomic mass is 16.2. The first-order valence-corrected chi connectivity index (χ1v) is 12.8. The average Bonchev–Trinajstić information content (AvgIpc) is 2.89. The number of amides is 2. The molecular weight excluding hydrogens is 432 g/mol. The molecule has 1 aliphatic rings. The number of rotatable bonds is 9. The number of nitrogens with zero attached hydrogens (tertiary/aromatic N) is 1. The normalized spacial score (nSPS) is 14.8. The lowest BCUT2D eigenvalue weighted by Crippen LogP contribution is -2.53. The van der Waals surface area contributed by atoms with Crippen molar-refractivity contribution in [3.8, 4) is 0 Å². The van der Waals surface area contributed by atoms with Gasteiger partial charge in [0.25, 0.3) is 0 Å². The lowest BCUT2D eigenvalue weighted by atomic mass is 9.94. The number of benzene rings is 3. The molecule has 0 aromatic heterocycles. The molecule has 1 atom stereocenters. The molecule has 0 saturated heterocycles. The second kappa shape index (κ2) is 12.3. The van der Waals surface area contributed by atoms with Gasteiger partial charge in [0.1, 0.15) is 6.04 Å². The molecule has 1 saturated carbocycles. The minimum atomic E-state index is -0.573. The Morgan fingerprint density at radius 2 is 1.43 bits per heavy atom. The van der Waals surface area contributed by atoms with Crippen molar-refractivity contribution in [2.45, 2.75) is 70.5 Å². The summed E-state index contributed by atoms with van der Waals surface area (Å²) >= 11 is 0. The quantitative estimate of drug-likeness (QED) is 0.443. The van der Waals surface area contributed by atoms with Gasteiger partial charge >= 0.3 is 0 Å². The summed E-state index contributed by atoms with van der Waals surface area (Å²) in [6.45, 7) is 2.43. The van der Waals surface area contributed by atoms with E-state index in [1.54, 1.807) is 4.90 Å². The Morgan fingerprint density at radius 3 is 2.09 bits per heavy atom. The van der Waals surface area contributed by atoms with Crippen LogP contribution in [0.5, 0.6) is 0 Å². The zero-order chi connectivity index (χ0) is 24.5. The van der Waals surface area contributed by atoms with Crippen LogP contribution in [-0.4, -0.2) is 28.8 Å². The molecule has 3 aromatic carbocycles. The minimum absolute atomic E-state index is 0.0251. The predicted molar refractivity (Wildman–Crippen MR) is 141 cm³/mol. The summed E-state index contributed by atoms with van der Waals surface area (Å²) in [5.74, 6) is -0.0716. The Morgan fingerprint density at radius 1 is 0.829 bits per heavy atom. The summed E-state index contributed by atoms with van der Waals surface area (Å²) in [6.07, 6.45) is 6.32. The van der Waals surface area contributed by atoms with Crippen molar-refractivity contribution in [2.75, 3.05) is 0 Å². The number of carbonyl (C=O) groups is 2. The molecule has 1 fully saturated rings. The van der Waals surface area contributed by atoms with Crippen LogP contribution in [0.25, 0.3) is 0 Å². The molecule has 4 rings (SSSR count). The second-order valence-electron chi connectivity index (χ2n) is 9.66. The number of hydrogen-bond acceptors (Lipinski definition) is 2. The number of carbonyl (C=O) groups excluding carboxylic acids is 2. The Kier molecular flexibility index (Phi) is 8.72. The molecule has 4 nitrogen and oxygen atoms in total. The van der Waals surface area contributed by atoms with E-state index >= 15 is 0 Å². The smallest absolute Gasteiger partial charge is 0.243 e. The van der Waals surface area contributed by atoms with Crippen LogP contribution in [-0.2, 0) is 29.0 Å². The fourth-order valence-corrected chi connectivity index (χ4v) is 4.95. The van der Waals surface area contributed by atoms with Crippen LogP contribution in [0.4, 0.5) is 0 Å². The van der Waals surface area contributed by atoms with Crippen LogP contribution in [0.15, 0.2) is 84.9 Å². The van der Waals surface area contributed by atoms with E-state index in [-0.39, 0.29) is 24.3 Å². The van der Waals surface area contributed by atoms with Crippen molar-refractivity contribution in [2.24, 2.45) is 0 Å². The third kappa shape index (κ3) is 7.05. The van der Waals surface area contributed by atoms with E-state index in [1.807, 2.05) is 91.9 Å². The molecular formula is C31H36N2O2. The van der Waals surface area contributed by atoms with Gasteiger partial charge in [0.15, 0.2) is 0 Å². The van der Waals surface area contributed by atoms with Gasteiger partial charge in [-0.25, -0.2) is 0 Å². The molecule has 0 radical (unpaired) electrons. The lowest BCUT2D eigenvalue weighted by Gasteiger charge is -2.33. The van der Waals surface area contributed by atoms with Gasteiger partial charge in [0, 0.05) is 19.0 Å². The van der Waals surface area contributed by atoms with Gasteiger partial charge in [-0.05, 0) is 42.0 Å². The van der Waals surface area contributed by atoms with Crippen LogP contribution >= 0.6 is 0 Å². The molecule has 1 aliphatic carbocycles. The Labute approximate surface area is 209 Å². The Bertz CT molecular complexity index is 1090. The van der Waals surface area contributed by atoms with Crippen molar-refractivity contribution in [3.05, 3.63) is 107 Å². The van der Waals surface area contributed by atoms with E-state index in [0.717, 1.165) is 47.9 Å². The van der Waals surface area contributed by atoms with Gasteiger partial charge in [-0.3, -0.25) is 9.59 Å². The molecule has 2 amide bonds. The van der Waals surface area contributed by atoms with Crippen molar-refractivity contribution < 1.29 is 9.59 Å². The fraction of sp³-hybridized carbons (Fsp3) is 0.355. The summed E-state index contributed by atoms with van der Waals surface area (Å²) in [4.78, 5) is 29.4. The maximum atomic E-state index is 13.8. The van der Waals surface area contributed by atoms with Crippen LogP contribution in [0.1, 0.15) is 54.4 Å². The summed E-state index contributed by atoms with van der Waals surface area (Å²) in [5.41, 5.74) is 4.17. The molecule has 0 aliphatic heterocycles. The van der Waals surface area contributed by atoms with Crippen LogP contribution < -0.4 is 5.32 Å².